The van der Waals surface area contributed by atoms with Crippen LogP contribution in [0.1, 0.15) is 29.7 Å². The van der Waals surface area contributed by atoms with E-state index in [0.29, 0.717) is 57.5 Å². The maximum Gasteiger partial charge on any atom is 0.573 e. The Morgan fingerprint density at radius 3 is 2.36 bits per heavy atom. The van der Waals surface area contributed by atoms with Gasteiger partial charge in [-0.25, -0.2) is 4.79 Å². The van der Waals surface area contributed by atoms with E-state index >= 15 is 0 Å². The summed E-state index contributed by atoms with van der Waals surface area (Å²) >= 11 is 0. The molecule has 12 heteroatoms. The molecule has 36 heavy (non-hydrogen) atoms. The molecule has 2 aromatic heterocycles. The summed E-state index contributed by atoms with van der Waals surface area (Å²) in [4.78, 5) is 25.4. The molecule has 0 aliphatic carbocycles. The van der Waals surface area contributed by atoms with Gasteiger partial charge in [0.15, 0.2) is 0 Å². The van der Waals surface area contributed by atoms with Crippen molar-refractivity contribution in [2.75, 3.05) is 39.4 Å². The van der Waals surface area contributed by atoms with Gasteiger partial charge in [0.2, 0.25) is 11.7 Å². The number of nitrogens with zero attached hydrogens (tertiary/aromatic N) is 5. The van der Waals surface area contributed by atoms with Gasteiger partial charge in [-0.3, -0.25) is 4.98 Å². The first-order valence-corrected chi connectivity index (χ1v) is 11.6. The maximum atomic E-state index is 13.3. The molecule has 0 bridgehead atoms. The Labute approximate surface area is 204 Å². The first kappa shape index (κ1) is 24.0. The van der Waals surface area contributed by atoms with E-state index in [1.807, 2.05) is 0 Å². The third-order valence-corrected chi connectivity index (χ3v) is 6.32. The summed E-state index contributed by atoms with van der Waals surface area (Å²) in [5.74, 6) is 0.143. The number of rotatable bonds is 4. The van der Waals surface area contributed by atoms with Crippen molar-refractivity contribution in [3.05, 3.63) is 60.2 Å². The lowest BCUT2D eigenvalue weighted by molar-refractivity contribution is -0.274. The number of pyridine rings is 1. The molecule has 0 N–H and O–H groups in total. The van der Waals surface area contributed by atoms with Gasteiger partial charge in [-0.2, -0.15) is 4.98 Å². The molecule has 4 heterocycles. The van der Waals surface area contributed by atoms with Crippen molar-refractivity contribution in [2.24, 2.45) is 0 Å². The molecule has 3 aromatic rings. The van der Waals surface area contributed by atoms with Crippen LogP contribution in [-0.2, 0) is 4.74 Å². The van der Waals surface area contributed by atoms with E-state index in [-0.39, 0.29) is 23.6 Å². The minimum Gasteiger partial charge on any atom is -0.406 e. The number of carbonyl (C=O) groups excluding carboxylic acids is 1. The molecule has 5 rings (SSSR count). The van der Waals surface area contributed by atoms with Crippen molar-refractivity contribution >= 4 is 6.03 Å². The monoisotopic (exact) mass is 503 g/mol. The van der Waals surface area contributed by atoms with Gasteiger partial charge in [-0.1, -0.05) is 17.3 Å². The number of aromatic nitrogens is 3. The number of hydrogen-bond acceptors (Lipinski definition) is 7. The highest BCUT2D eigenvalue weighted by atomic mass is 19.4. The summed E-state index contributed by atoms with van der Waals surface area (Å²) < 4.78 is 52.7. The second kappa shape index (κ2) is 10.1. The SMILES string of the molecule is O=C(N1CCOCC1)N1CC(c2ccc(OC(F)(F)F)cc2)CC(c2nc(-c3ccncc3)no2)C1. The van der Waals surface area contributed by atoms with Crippen LogP contribution < -0.4 is 4.74 Å². The number of piperidine rings is 1. The fourth-order valence-corrected chi connectivity index (χ4v) is 4.59. The molecule has 190 valence electrons. The predicted octanol–water partition coefficient (Wildman–Crippen LogP) is 4.06. The number of alkyl halides is 3. The van der Waals surface area contributed by atoms with E-state index in [1.165, 1.54) is 12.1 Å². The van der Waals surface area contributed by atoms with Gasteiger partial charge in [-0.15, -0.1) is 13.2 Å². The molecule has 9 nitrogen and oxygen atoms in total. The van der Waals surface area contributed by atoms with Gasteiger partial charge in [-0.05, 0) is 36.2 Å². The summed E-state index contributed by atoms with van der Waals surface area (Å²) in [6.45, 7) is 2.76. The third kappa shape index (κ3) is 5.59. The van der Waals surface area contributed by atoms with Crippen LogP contribution in [0.3, 0.4) is 0 Å². The number of amides is 2. The van der Waals surface area contributed by atoms with Crippen molar-refractivity contribution in [2.45, 2.75) is 24.6 Å². The number of benzene rings is 1. The first-order valence-electron chi connectivity index (χ1n) is 11.6. The van der Waals surface area contributed by atoms with E-state index in [1.54, 1.807) is 46.5 Å². The summed E-state index contributed by atoms with van der Waals surface area (Å²) in [5.41, 5.74) is 1.55. The van der Waals surface area contributed by atoms with E-state index < -0.39 is 6.36 Å². The zero-order valence-electron chi connectivity index (χ0n) is 19.2. The second-order valence-corrected chi connectivity index (χ2v) is 8.73. The Balaban J connectivity index is 1.39. The molecule has 2 fully saturated rings. The third-order valence-electron chi connectivity index (χ3n) is 6.32. The highest BCUT2D eigenvalue weighted by molar-refractivity contribution is 5.75. The number of urea groups is 1. The minimum atomic E-state index is -4.76. The van der Waals surface area contributed by atoms with Crippen molar-refractivity contribution in [3.63, 3.8) is 0 Å². The molecule has 2 aliphatic heterocycles. The van der Waals surface area contributed by atoms with Gasteiger partial charge in [0.25, 0.3) is 0 Å². The van der Waals surface area contributed by atoms with Crippen LogP contribution >= 0.6 is 0 Å². The summed E-state index contributed by atoms with van der Waals surface area (Å²) in [7, 11) is 0. The van der Waals surface area contributed by atoms with Gasteiger partial charge >= 0.3 is 12.4 Å². The van der Waals surface area contributed by atoms with Crippen LogP contribution in [0, 0.1) is 0 Å². The standard InChI is InChI=1S/C24H24F3N5O4/c25-24(26,27)35-20-3-1-16(2-4-20)18-13-19(15-32(14-18)23(33)31-9-11-34-12-10-31)22-29-21(30-36-22)17-5-7-28-8-6-17/h1-8,18-19H,9-15H2. The Kier molecular flexibility index (Phi) is 6.77. The smallest absolute Gasteiger partial charge is 0.406 e. The van der Waals surface area contributed by atoms with Gasteiger partial charge in [0.05, 0.1) is 19.1 Å². The van der Waals surface area contributed by atoms with E-state index in [0.717, 1.165) is 11.1 Å². The lowest BCUT2D eigenvalue weighted by Crippen LogP contribution is -2.52. The molecule has 2 aliphatic rings. The van der Waals surface area contributed by atoms with E-state index in [2.05, 4.69) is 19.9 Å². The summed E-state index contributed by atoms with van der Waals surface area (Å²) in [6.07, 6.45) is -0.901. The highest BCUT2D eigenvalue weighted by Gasteiger charge is 2.37. The predicted molar refractivity (Wildman–Crippen MR) is 120 cm³/mol. The molecule has 2 unspecified atom stereocenters. The zero-order chi connectivity index (χ0) is 25.1. The summed E-state index contributed by atoms with van der Waals surface area (Å²) in [5, 5.41) is 4.10. The number of carbonyl (C=O) groups is 1. The molecule has 0 saturated carbocycles. The first-order chi connectivity index (χ1) is 17.4. The van der Waals surface area contributed by atoms with Crippen LogP contribution in [0.2, 0.25) is 0 Å². The number of likely N-dealkylation sites (tertiary alicyclic amines) is 1. The van der Waals surface area contributed by atoms with Crippen LogP contribution in [0.25, 0.3) is 11.4 Å². The Bertz CT molecular complexity index is 1170. The van der Waals surface area contributed by atoms with Crippen molar-refractivity contribution < 1.29 is 32.0 Å². The quantitative estimate of drug-likeness (QED) is 0.530. The van der Waals surface area contributed by atoms with Crippen LogP contribution in [0.5, 0.6) is 5.75 Å². The normalized spacial score (nSPS) is 20.9. The highest BCUT2D eigenvalue weighted by Crippen LogP contribution is 2.37. The molecule has 2 atom stereocenters. The van der Waals surface area contributed by atoms with Gasteiger partial charge in [0.1, 0.15) is 5.75 Å². The van der Waals surface area contributed by atoms with Crippen molar-refractivity contribution in [1.29, 1.82) is 0 Å². The number of halogens is 3. The number of hydrogen-bond donors (Lipinski definition) is 0. The summed E-state index contributed by atoms with van der Waals surface area (Å²) in [6, 6.07) is 9.21. The van der Waals surface area contributed by atoms with Crippen LogP contribution in [0.15, 0.2) is 53.3 Å². The average Bonchev–Trinajstić information content (AvgIpc) is 3.39. The van der Waals surface area contributed by atoms with Crippen molar-refractivity contribution in [1.82, 2.24) is 24.9 Å². The molecular weight excluding hydrogens is 479 g/mol. The Morgan fingerprint density at radius 2 is 1.67 bits per heavy atom. The van der Waals surface area contributed by atoms with E-state index in [4.69, 9.17) is 9.26 Å². The van der Waals surface area contributed by atoms with Gasteiger partial charge < -0.3 is 23.8 Å². The molecular formula is C24H24F3N5O4. The average molecular weight is 503 g/mol. The maximum absolute atomic E-state index is 13.3. The molecule has 0 radical (unpaired) electrons. The minimum absolute atomic E-state index is 0.112. The second-order valence-electron chi connectivity index (χ2n) is 8.73. The molecule has 2 saturated heterocycles. The Hall–Kier alpha value is -3.67. The van der Waals surface area contributed by atoms with Crippen LogP contribution in [0.4, 0.5) is 18.0 Å². The van der Waals surface area contributed by atoms with Crippen molar-refractivity contribution in [3.8, 4) is 17.1 Å². The molecule has 1 aromatic carbocycles. The van der Waals surface area contributed by atoms with Gasteiger partial charge in [0, 0.05) is 50.1 Å². The van der Waals surface area contributed by atoms with E-state index in [9.17, 15) is 18.0 Å². The lowest BCUT2D eigenvalue weighted by atomic mass is 9.84. The molecule has 2 amide bonds. The topological polar surface area (TPSA) is 93.8 Å². The fraction of sp³-hybridized carbons (Fsp3) is 0.417. The zero-order valence-corrected chi connectivity index (χ0v) is 19.2. The fourth-order valence-electron chi connectivity index (χ4n) is 4.59. The number of ether oxygens (including phenoxy) is 2. The lowest BCUT2D eigenvalue weighted by Gasteiger charge is -2.40. The van der Waals surface area contributed by atoms with Crippen LogP contribution in [-0.4, -0.2) is 76.7 Å². The largest absolute Gasteiger partial charge is 0.573 e. The number of morpholine rings is 1. The Morgan fingerprint density at radius 1 is 0.972 bits per heavy atom. The molecule has 0 spiro atoms.